The molecule has 0 aliphatic heterocycles. The van der Waals surface area contributed by atoms with Crippen LogP contribution in [-0.4, -0.2) is 11.7 Å². The lowest BCUT2D eigenvalue weighted by molar-refractivity contribution is 0.282. The molecule has 0 aromatic rings. The van der Waals surface area contributed by atoms with Gasteiger partial charge in [0.15, 0.2) is 0 Å². The first-order valence-corrected chi connectivity index (χ1v) is 10.0. The van der Waals surface area contributed by atoms with E-state index in [9.17, 15) is 0 Å². The maximum Gasteiger partial charge on any atom is 0.0431 e. The number of rotatable bonds is 16. The summed E-state index contributed by atoms with van der Waals surface area (Å²) in [5, 5.41) is 8.67. The summed E-state index contributed by atoms with van der Waals surface area (Å²) in [7, 11) is 0. The zero-order valence-electron chi connectivity index (χ0n) is 15.5. The lowest BCUT2D eigenvalue weighted by Crippen LogP contribution is -1.85. The highest BCUT2D eigenvalue weighted by Gasteiger charge is 1.94. The Morgan fingerprint density at radius 1 is 0.429 bits per heavy atom. The normalized spacial score (nSPS) is 10.3. The van der Waals surface area contributed by atoms with Crippen molar-refractivity contribution >= 4 is 0 Å². The van der Waals surface area contributed by atoms with E-state index >= 15 is 0 Å². The molecule has 1 nitrogen and oxygen atoms in total. The molecule has 0 unspecified atom stereocenters. The molecule has 0 aliphatic carbocycles. The number of hydrogen-bond donors (Lipinski definition) is 1. The zero-order valence-corrected chi connectivity index (χ0v) is 15.5. The van der Waals surface area contributed by atoms with Crippen LogP contribution in [0, 0.1) is 0 Å². The van der Waals surface area contributed by atoms with Crippen molar-refractivity contribution in [3.63, 3.8) is 0 Å². The van der Waals surface area contributed by atoms with E-state index in [-0.39, 0.29) is 0 Å². The molecule has 0 aliphatic rings. The van der Waals surface area contributed by atoms with Gasteiger partial charge < -0.3 is 5.11 Å². The summed E-state index contributed by atoms with van der Waals surface area (Å²) in [5.74, 6) is 0. The van der Waals surface area contributed by atoms with Crippen LogP contribution in [0.15, 0.2) is 0 Å². The second kappa shape index (κ2) is 24.9. The molecule has 0 saturated heterocycles. The van der Waals surface area contributed by atoms with Crippen molar-refractivity contribution in [3.8, 4) is 0 Å². The van der Waals surface area contributed by atoms with Crippen molar-refractivity contribution in [2.75, 3.05) is 6.61 Å². The quantitative estimate of drug-likeness (QED) is 0.297. The van der Waals surface area contributed by atoms with E-state index in [1.165, 1.54) is 96.3 Å². The summed E-state index contributed by atoms with van der Waals surface area (Å²) in [6, 6.07) is 0. The van der Waals surface area contributed by atoms with Crippen LogP contribution < -0.4 is 0 Å². The van der Waals surface area contributed by atoms with Gasteiger partial charge in [0.05, 0.1) is 0 Å². The highest BCUT2D eigenvalue weighted by molar-refractivity contribution is 4.49. The molecule has 1 heteroatoms. The van der Waals surface area contributed by atoms with Crippen LogP contribution in [0.3, 0.4) is 0 Å². The average molecular weight is 301 g/mol. The molecule has 0 aromatic heterocycles. The van der Waals surface area contributed by atoms with Crippen LogP contribution >= 0.6 is 0 Å². The van der Waals surface area contributed by atoms with Gasteiger partial charge in [0.2, 0.25) is 0 Å². The average Bonchev–Trinajstić information content (AvgIpc) is 2.53. The van der Waals surface area contributed by atoms with Crippen molar-refractivity contribution in [2.45, 2.75) is 124 Å². The summed E-state index contributed by atoms with van der Waals surface area (Å²) in [6.45, 7) is 6.66. The highest BCUT2D eigenvalue weighted by Crippen LogP contribution is 2.13. The SMILES string of the molecule is CC.CCCCCCCCCCCCCCCCCCO. The Hall–Kier alpha value is -0.0400. The van der Waals surface area contributed by atoms with Crippen molar-refractivity contribution in [1.29, 1.82) is 0 Å². The van der Waals surface area contributed by atoms with E-state index in [1.807, 2.05) is 13.8 Å². The molecular weight excluding hydrogens is 256 g/mol. The predicted molar refractivity (Wildman–Crippen MR) is 98.0 cm³/mol. The summed E-state index contributed by atoms with van der Waals surface area (Å²) < 4.78 is 0. The Balaban J connectivity index is 0. The molecule has 0 spiro atoms. The maximum absolute atomic E-state index is 8.67. The third-order valence-electron chi connectivity index (χ3n) is 4.01. The Morgan fingerprint density at radius 3 is 0.905 bits per heavy atom. The molecule has 0 rings (SSSR count). The lowest BCUT2D eigenvalue weighted by atomic mass is 10.0. The van der Waals surface area contributed by atoms with Gasteiger partial charge in [-0.05, 0) is 6.42 Å². The van der Waals surface area contributed by atoms with Crippen molar-refractivity contribution in [3.05, 3.63) is 0 Å². The second-order valence-electron chi connectivity index (χ2n) is 6.03. The monoisotopic (exact) mass is 300 g/mol. The van der Waals surface area contributed by atoms with Crippen LogP contribution in [-0.2, 0) is 0 Å². The van der Waals surface area contributed by atoms with E-state index in [2.05, 4.69) is 6.92 Å². The van der Waals surface area contributed by atoms with Crippen LogP contribution in [0.5, 0.6) is 0 Å². The van der Waals surface area contributed by atoms with Gasteiger partial charge in [0, 0.05) is 6.61 Å². The van der Waals surface area contributed by atoms with Gasteiger partial charge in [-0.3, -0.25) is 0 Å². The molecule has 21 heavy (non-hydrogen) atoms. The third kappa shape index (κ3) is 25.3. The van der Waals surface area contributed by atoms with E-state index in [1.54, 1.807) is 0 Å². The van der Waals surface area contributed by atoms with Crippen LogP contribution in [0.25, 0.3) is 0 Å². The summed E-state index contributed by atoms with van der Waals surface area (Å²) >= 11 is 0. The van der Waals surface area contributed by atoms with E-state index in [4.69, 9.17) is 5.11 Å². The van der Waals surface area contributed by atoms with Gasteiger partial charge in [-0.25, -0.2) is 0 Å². The van der Waals surface area contributed by atoms with Crippen LogP contribution in [0.1, 0.15) is 124 Å². The standard InChI is InChI=1S/C18H38O.C2H6/c1-2-3-4-5-6-7-8-9-10-11-12-13-14-15-16-17-18-19;1-2/h19H,2-18H2,1H3;1-2H3. The fraction of sp³-hybridized carbons (Fsp3) is 1.00. The summed E-state index contributed by atoms with van der Waals surface area (Å²) in [5.41, 5.74) is 0. The zero-order chi connectivity index (χ0) is 16.0. The molecule has 0 saturated carbocycles. The second-order valence-corrected chi connectivity index (χ2v) is 6.03. The first-order valence-electron chi connectivity index (χ1n) is 10.0. The van der Waals surface area contributed by atoms with Crippen molar-refractivity contribution in [2.24, 2.45) is 0 Å². The fourth-order valence-corrected chi connectivity index (χ4v) is 2.66. The molecule has 130 valence electrons. The minimum absolute atomic E-state index is 0.373. The molecular formula is C20H44O. The van der Waals surface area contributed by atoms with Gasteiger partial charge in [-0.1, -0.05) is 117 Å². The highest BCUT2D eigenvalue weighted by atomic mass is 16.2. The van der Waals surface area contributed by atoms with E-state index in [0.717, 1.165) is 6.42 Å². The molecule has 1 N–H and O–H groups in total. The predicted octanol–water partition coefficient (Wildman–Crippen LogP) is 7.27. The topological polar surface area (TPSA) is 20.2 Å². The number of aliphatic hydroxyl groups is 1. The minimum Gasteiger partial charge on any atom is -0.396 e. The first-order chi connectivity index (χ1) is 10.4. The Bertz CT molecular complexity index is 129. The van der Waals surface area contributed by atoms with E-state index < -0.39 is 0 Å². The fourth-order valence-electron chi connectivity index (χ4n) is 2.66. The molecule has 0 heterocycles. The minimum atomic E-state index is 0.373. The van der Waals surface area contributed by atoms with Crippen molar-refractivity contribution in [1.82, 2.24) is 0 Å². The van der Waals surface area contributed by atoms with Gasteiger partial charge in [-0.15, -0.1) is 0 Å². The lowest BCUT2D eigenvalue weighted by Gasteiger charge is -2.03. The van der Waals surface area contributed by atoms with E-state index in [0.29, 0.717) is 6.61 Å². The van der Waals surface area contributed by atoms with Gasteiger partial charge in [0.25, 0.3) is 0 Å². The summed E-state index contributed by atoms with van der Waals surface area (Å²) in [4.78, 5) is 0. The van der Waals surface area contributed by atoms with Crippen LogP contribution in [0.2, 0.25) is 0 Å². The molecule has 0 aromatic carbocycles. The molecule has 0 bridgehead atoms. The summed E-state index contributed by atoms with van der Waals surface area (Å²) in [6.07, 6.45) is 22.2. The van der Waals surface area contributed by atoms with Gasteiger partial charge in [-0.2, -0.15) is 0 Å². The number of aliphatic hydroxyl groups excluding tert-OH is 1. The maximum atomic E-state index is 8.67. The Morgan fingerprint density at radius 2 is 0.667 bits per heavy atom. The molecule has 0 radical (unpaired) electrons. The van der Waals surface area contributed by atoms with Gasteiger partial charge in [0.1, 0.15) is 0 Å². The molecule has 0 amide bonds. The number of hydrogen-bond acceptors (Lipinski definition) is 1. The third-order valence-corrected chi connectivity index (χ3v) is 4.01. The molecule has 0 atom stereocenters. The Kier molecular flexibility index (Phi) is 27.6. The van der Waals surface area contributed by atoms with Crippen molar-refractivity contribution < 1.29 is 5.11 Å². The molecule has 0 fully saturated rings. The largest absolute Gasteiger partial charge is 0.396 e. The van der Waals surface area contributed by atoms with Gasteiger partial charge >= 0.3 is 0 Å². The van der Waals surface area contributed by atoms with Crippen LogP contribution in [0.4, 0.5) is 0 Å². The number of unbranched alkanes of at least 4 members (excludes halogenated alkanes) is 15. The Labute approximate surface area is 135 Å². The first kappa shape index (κ1) is 23.2. The smallest absolute Gasteiger partial charge is 0.0431 e.